The first-order valence-corrected chi connectivity index (χ1v) is 8.66. The van der Waals surface area contributed by atoms with Crippen molar-refractivity contribution in [3.8, 4) is 0 Å². The van der Waals surface area contributed by atoms with Crippen LogP contribution >= 0.6 is 0 Å². The van der Waals surface area contributed by atoms with Crippen molar-refractivity contribution in [2.24, 2.45) is 11.7 Å². The highest BCUT2D eigenvalue weighted by Gasteiger charge is 2.29. The van der Waals surface area contributed by atoms with Gasteiger partial charge in [0.1, 0.15) is 0 Å². The summed E-state index contributed by atoms with van der Waals surface area (Å²) in [6.45, 7) is 2.18. The van der Waals surface area contributed by atoms with Crippen LogP contribution in [0.15, 0.2) is 29.2 Å². The zero-order valence-electron chi connectivity index (χ0n) is 12.8. The van der Waals surface area contributed by atoms with Crippen LogP contribution in [-0.4, -0.2) is 50.7 Å². The van der Waals surface area contributed by atoms with E-state index in [-0.39, 0.29) is 48.8 Å². The van der Waals surface area contributed by atoms with Gasteiger partial charge >= 0.3 is 0 Å². The zero-order valence-corrected chi connectivity index (χ0v) is 13.6. The minimum Gasteiger partial charge on any atom is -0.354 e. The highest BCUT2D eigenvalue weighted by atomic mass is 32.2. The number of amides is 2. The summed E-state index contributed by atoms with van der Waals surface area (Å²) in [6.07, 6.45) is 0. The molecule has 1 fully saturated rings. The van der Waals surface area contributed by atoms with Gasteiger partial charge in [0.15, 0.2) is 0 Å². The first-order valence-electron chi connectivity index (χ1n) is 7.22. The maximum atomic E-state index is 12.6. The lowest BCUT2D eigenvalue weighted by molar-refractivity contribution is -0.122. The Hall–Kier alpha value is -1.97. The summed E-state index contributed by atoms with van der Waals surface area (Å²) in [5.74, 6) is -0.985. The summed E-state index contributed by atoms with van der Waals surface area (Å²) < 4.78 is 26.3. The van der Waals surface area contributed by atoms with Gasteiger partial charge < -0.3 is 16.4 Å². The topological polar surface area (TPSA) is 122 Å². The predicted molar refractivity (Wildman–Crippen MR) is 85.1 cm³/mol. The third kappa shape index (κ3) is 4.06. The summed E-state index contributed by atoms with van der Waals surface area (Å²) in [5.41, 5.74) is 5.81. The fourth-order valence-electron chi connectivity index (χ4n) is 2.08. The average Bonchev–Trinajstić information content (AvgIpc) is 2.54. The van der Waals surface area contributed by atoms with E-state index in [1.54, 1.807) is 19.1 Å². The van der Waals surface area contributed by atoms with Crippen molar-refractivity contribution in [3.05, 3.63) is 24.3 Å². The molecule has 1 saturated heterocycles. The number of carbonyl (C=O) groups excluding carboxylic acids is 2. The third-order valence-corrected chi connectivity index (χ3v) is 5.38. The molecule has 1 aliphatic rings. The number of piperazine rings is 1. The minimum absolute atomic E-state index is 0.0328. The summed E-state index contributed by atoms with van der Waals surface area (Å²) in [7, 11) is -3.78. The van der Waals surface area contributed by atoms with Crippen molar-refractivity contribution in [2.45, 2.75) is 11.8 Å². The van der Waals surface area contributed by atoms with Crippen LogP contribution in [-0.2, 0) is 19.6 Å². The molecule has 2 rings (SSSR count). The highest BCUT2D eigenvalue weighted by molar-refractivity contribution is 7.89. The van der Waals surface area contributed by atoms with Crippen molar-refractivity contribution in [1.29, 1.82) is 0 Å². The fraction of sp³-hybridized carbons (Fsp3) is 0.429. The molecule has 9 heteroatoms. The summed E-state index contributed by atoms with van der Waals surface area (Å²) in [6, 6.07) is 5.95. The Labute approximate surface area is 135 Å². The molecule has 1 unspecified atom stereocenters. The normalized spacial score (nSPS) is 17.4. The third-order valence-electron chi connectivity index (χ3n) is 3.54. The second-order valence-electron chi connectivity index (χ2n) is 5.34. The van der Waals surface area contributed by atoms with Crippen LogP contribution in [0, 0.1) is 5.92 Å². The quantitative estimate of drug-likeness (QED) is 0.657. The van der Waals surface area contributed by atoms with E-state index in [0.29, 0.717) is 5.69 Å². The Morgan fingerprint density at radius 3 is 2.87 bits per heavy atom. The SMILES string of the molecule is CC(CN)C(=O)Nc1cccc(S(=O)(=O)N2CCNC(=O)C2)c1. The average molecular weight is 340 g/mol. The number of hydrogen-bond donors (Lipinski definition) is 3. The first kappa shape index (κ1) is 17.4. The maximum Gasteiger partial charge on any atom is 0.243 e. The predicted octanol–water partition coefficient (Wildman–Crippen LogP) is -0.660. The van der Waals surface area contributed by atoms with Crippen LogP contribution in [0.2, 0.25) is 0 Å². The summed E-state index contributed by atoms with van der Waals surface area (Å²) in [4.78, 5) is 23.3. The molecule has 0 aromatic heterocycles. The van der Waals surface area contributed by atoms with Crippen LogP contribution in [0.4, 0.5) is 5.69 Å². The van der Waals surface area contributed by atoms with Crippen LogP contribution in [0.1, 0.15) is 6.92 Å². The Morgan fingerprint density at radius 1 is 1.48 bits per heavy atom. The van der Waals surface area contributed by atoms with E-state index in [1.165, 1.54) is 12.1 Å². The molecule has 4 N–H and O–H groups in total. The number of rotatable bonds is 5. The molecule has 0 radical (unpaired) electrons. The van der Waals surface area contributed by atoms with Gasteiger partial charge in [-0.1, -0.05) is 13.0 Å². The van der Waals surface area contributed by atoms with Gasteiger partial charge in [-0.15, -0.1) is 0 Å². The number of nitrogens with two attached hydrogens (primary N) is 1. The number of anilines is 1. The molecule has 1 atom stereocenters. The Bertz CT molecular complexity index is 704. The Balaban J connectivity index is 2.21. The van der Waals surface area contributed by atoms with Gasteiger partial charge in [-0.2, -0.15) is 4.31 Å². The molecule has 0 saturated carbocycles. The van der Waals surface area contributed by atoms with Gasteiger partial charge in [0.25, 0.3) is 0 Å². The van der Waals surface area contributed by atoms with E-state index in [2.05, 4.69) is 10.6 Å². The van der Waals surface area contributed by atoms with Crippen molar-refractivity contribution >= 4 is 27.5 Å². The summed E-state index contributed by atoms with van der Waals surface area (Å²) in [5, 5.41) is 5.21. The van der Waals surface area contributed by atoms with E-state index in [0.717, 1.165) is 4.31 Å². The number of carbonyl (C=O) groups is 2. The van der Waals surface area contributed by atoms with Gasteiger partial charge in [-0.25, -0.2) is 8.42 Å². The molecule has 0 aliphatic carbocycles. The van der Waals surface area contributed by atoms with E-state index in [9.17, 15) is 18.0 Å². The highest BCUT2D eigenvalue weighted by Crippen LogP contribution is 2.20. The minimum atomic E-state index is -3.78. The van der Waals surface area contributed by atoms with Crippen molar-refractivity contribution in [2.75, 3.05) is 31.5 Å². The van der Waals surface area contributed by atoms with Crippen LogP contribution in [0.3, 0.4) is 0 Å². The molecule has 1 aliphatic heterocycles. The van der Waals surface area contributed by atoms with Gasteiger partial charge in [0.2, 0.25) is 21.8 Å². The van der Waals surface area contributed by atoms with E-state index in [4.69, 9.17) is 5.73 Å². The van der Waals surface area contributed by atoms with Crippen molar-refractivity contribution < 1.29 is 18.0 Å². The number of hydrogen-bond acceptors (Lipinski definition) is 5. The van der Waals surface area contributed by atoms with Crippen molar-refractivity contribution in [1.82, 2.24) is 9.62 Å². The standard InChI is InChI=1S/C14H20N4O4S/c1-10(8-15)14(20)17-11-3-2-4-12(7-11)23(21,22)18-6-5-16-13(19)9-18/h2-4,7,10H,5-6,8-9,15H2,1H3,(H,16,19)(H,17,20). The number of nitrogens with one attached hydrogen (secondary N) is 2. The Kier molecular flexibility index (Phi) is 5.34. The van der Waals surface area contributed by atoms with Gasteiger partial charge in [0, 0.05) is 31.2 Å². The number of sulfonamides is 1. The van der Waals surface area contributed by atoms with Crippen LogP contribution in [0.5, 0.6) is 0 Å². The molecule has 0 bridgehead atoms. The van der Waals surface area contributed by atoms with Gasteiger partial charge in [-0.05, 0) is 18.2 Å². The Morgan fingerprint density at radius 2 is 2.22 bits per heavy atom. The van der Waals surface area contributed by atoms with Gasteiger partial charge in [0.05, 0.1) is 11.4 Å². The molecule has 0 spiro atoms. The number of nitrogens with zero attached hydrogens (tertiary/aromatic N) is 1. The molecule has 126 valence electrons. The zero-order chi connectivity index (χ0) is 17.0. The lowest BCUT2D eigenvalue weighted by Gasteiger charge is -2.26. The number of benzene rings is 1. The molecule has 1 heterocycles. The second kappa shape index (κ2) is 7.07. The summed E-state index contributed by atoms with van der Waals surface area (Å²) >= 11 is 0. The second-order valence-corrected chi connectivity index (χ2v) is 7.28. The molecule has 23 heavy (non-hydrogen) atoms. The van der Waals surface area contributed by atoms with Crippen molar-refractivity contribution in [3.63, 3.8) is 0 Å². The van der Waals surface area contributed by atoms with Crippen LogP contribution in [0.25, 0.3) is 0 Å². The molecular formula is C14H20N4O4S. The molecule has 8 nitrogen and oxygen atoms in total. The fourth-order valence-corrected chi connectivity index (χ4v) is 3.52. The van der Waals surface area contributed by atoms with E-state index >= 15 is 0 Å². The molecular weight excluding hydrogens is 320 g/mol. The lowest BCUT2D eigenvalue weighted by Crippen LogP contribution is -2.49. The van der Waals surface area contributed by atoms with E-state index < -0.39 is 10.0 Å². The first-order chi connectivity index (χ1) is 10.8. The maximum absolute atomic E-state index is 12.6. The lowest BCUT2D eigenvalue weighted by atomic mass is 10.1. The van der Waals surface area contributed by atoms with Crippen LogP contribution < -0.4 is 16.4 Å². The van der Waals surface area contributed by atoms with E-state index in [1.807, 2.05) is 0 Å². The molecule has 2 amide bonds. The molecule has 1 aromatic carbocycles. The largest absolute Gasteiger partial charge is 0.354 e. The monoisotopic (exact) mass is 340 g/mol. The smallest absolute Gasteiger partial charge is 0.243 e. The van der Waals surface area contributed by atoms with Gasteiger partial charge in [-0.3, -0.25) is 9.59 Å². The molecule has 1 aromatic rings.